The van der Waals surface area contributed by atoms with Crippen molar-refractivity contribution in [1.82, 2.24) is 19.1 Å². The second kappa shape index (κ2) is 9.03. The summed E-state index contributed by atoms with van der Waals surface area (Å²) in [6.07, 6.45) is 5.72. The van der Waals surface area contributed by atoms with Gasteiger partial charge in [0.25, 0.3) is 0 Å². The molecule has 10 heteroatoms. The number of amides is 1. The van der Waals surface area contributed by atoms with Crippen molar-refractivity contribution in [2.24, 2.45) is 11.8 Å². The molecule has 0 radical (unpaired) electrons. The van der Waals surface area contributed by atoms with Crippen LogP contribution < -0.4 is 5.32 Å². The van der Waals surface area contributed by atoms with Gasteiger partial charge in [-0.3, -0.25) is 4.79 Å². The van der Waals surface area contributed by atoms with Gasteiger partial charge in [-0.25, -0.2) is 8.42 Å². The Morgan fingerprint density at radius 1 is 1.06 bits per heavy atom. The van der Waals surface area contributed by atoms with Crippen LogP contribution in [0.3, 0.4) is 0 Å². The van der Waals surface area contributed by atoms with Crippen LogP contribution >= 0.6 is 11.8 Å². The fraction of sp³-hybridized carbons (Fsp3) is 0.609. The van der Waals surface area contributed by atoms with Gasteiger partial charge in [-0.05, 0) is 68.2 Å². The van der Waals surface area contributed by atoms with Crippen LogP contribution in [-0.2, 0) is 14.8 Å². The average Bonchev–Trinajstić information content (AvgIpc) is 3.71. The molecule has 1 aromatic heterocycles. The number of hydrogen-bond acceptors (Lipinski definition) is 6. The van der Waals surface area contributed by atoms with Gasteiger partial charge in [0.2, 0.25) is 15.9 Å². The van der Waals surface area contributed by atoms with E-state index in [2.05, 4.69) is 33.9 Å². The number of sulfonamides is 1. The number of carbonyl (C=O) groups excluding carboxylic acids is 1. The Bertz CT molecular complexity index is 1110. The molecule has 1 aliphatic heterocycles. The van der Waals surface area contributed by atoms with Gasteiger partial charge < -0.3 is 9.88 Å². The van der Waals surface area contributed by atoms with Crippen LogP contribution in [0.1, 0.15) is 63.7 Å². The van der Waals surface area contributed by atoms with Gasteiger partial charge in [0.05, 0.1) is 10.6 Å². The van der Waals surface area contributed by atoms with Crippen LogP contribution in [0.5, 0.6) is 0 Å². The molecular weight excluding hydrogens is 458 g/mol. The van der Waals surface area contributed by atoms with Gasteiger partial charge in [0.15, 0.2) is 5.16 Å². The van der Waals surface area contributed by atoms with Crippen LogP contribution in [0.4, 0.5) is 5.69 Å². The second-order valence-corrected chi connectivity index (χ2v) is 12.7. The van der Waals surface area contributed by atoms with E-state index in [1.807, 2.05) is 0 Å². The highest BCUT2D eigenvalue weighted by Crippen LogP contribution is 2.46. The van der Waals surface area contributed by atoms with Crippen molar-refractivity contribution in [2.45, 2.75) is 68.0 Å². The van der Waals surface area contributed by atoms with E-state index in [9.17, 15) is 13.2 Å². The van der Waals surface area contributed by atoms with Crippen LogP contribution in [0.25, 0.3) is 0 Å². The lowest BCUT2D eigenvalue weighted by molar-refractivity contribution is -0.113. The molecule has 3 fully saturated rings. The minimum Gasteiger partial charge on any atom is -0.325 e. The van der Waals surface area contributed by atoms with Crippen LogP contribution in [0.2, 0.25) is 0 Å². The lowest BCUT2D eigenvalue weighted by atomic mass is 9.94. The van der Waals surface area contributed by atoms with Crippen molar-refractivity contribution in [3.05, 3.63) is 30.1 Å². The normalized spacial score (nSPS) is 24.1. The van der Waals surface area contributed by atoms with Crippen molar-refractivity contribution < 1.29 is 13.2 Å². The molecule has 0 unspecified atom stereocenters. The molecular formula is C23H31N5O3S2. The molecule has 33 heavy (non-hydrogen) atoms. The van der Waals surface area contributed by atoms with E-state index in [1.165, 1.54) is 24.6 Å². The maximum Gasteiger partial charge on any atom is 0.243 e. The first-order valence-electron chi connectivity index (χ1n) is 11.8. The molecule has 1 amide bonds. The molecule has 178 valence electrons. The number of nitrogens with zero attached hydrogens (tertiary/aromatic N) is 4. The standard InChI is InChI=1S/C23H31N5O3S2/c1-15-11-16(2)13-27(12-15)33(30,31)20-9-5-18(6-10-20)24-21(29)14-32-23-26-25-22(17-3-4-17)28(23)19-7-8-19/h5-6,9-10,15-17,19H,3-4,7-8,11-14H2,1-2H3,(H,24,29)/t15-,16-/m0/s1. The predicted molar refractivity (Wildman–Crippen MR) is 128 cm³/mol. The van der Waals surface area contributed by atoms with Crippen molar-refractivity contribution in [1.29, 1.82) is 0 Å². The monoisotopic (exact) mass is 489 g/mol. The maximum absolute atomic E-state index is 13.0. The Balaban J connectivity index is 1.19. The zero-order chi connectivity index (χ0) is 23.2. The largest absolute Gasteiger partial charge is 0.325 e. The highest BCUT2D eigenvalue weighted by atomic mass is 32.2. The number of rotatable bonds is 8. The fourth-order valence-electron chi connectivity index (χ4n) is 4.67. The summed E-state index contributed by atoms with van der Waals surface area (Å²) in [5, 5.41) is 12.4. The number of thioether (sulfide) groups is 1. The zero-order valence-electron chi connectivity index (χ0n) is 19.1. The van der Waals surface area contributed by atoms with E-state index >= 15 is 0 Å². The summed E-state index contributed by atoms with van der Waals surface area (Å²) in [5.41, 5.74) is 0.585. The van der Waals surface area contributed by atoms with Crippen LogP contribution in [0, 0.1) is 11.8 Å². The Morgan fingerprint density at radius 3 is 2.33 bits per heavy atom. The van der Waals surface area contributed by atoms with E-state index in [0.29, 0.717) is 42.6 Å². The van der Waals surface area contributed by atoms with Gasteiger partial charge in [-0.1, -0.05) is 25.6 Å². The van der Waals surface area contributed by atoms with Crippen LogP contribution in [0.15, 0.2) is 34.3 Å². The molecule has 2 heterocycles. The third kappa shape index (κ3) is 5.12. The molecule has 1 saturated heterocycles. The number of hydrogen-bond donors (Lipinski definition) is 1. The Labute approximate surface area is 199 Å². The zero-order valence-corrected chi connectivity index (χ0v) is 20.7. The predicted octanol–water partition coefficient (Wildman–Crippen LogP) is 3.89. The molecule has 3 aliphatic rings. The summed E-state index contributed by atoms with van der Waals surface area (Å²) < 4.78 is 29.9. The van der Waals surface area contributed by atoms with E-state index in [-0.39, 0.29) is 16.6 Å². The summed E-state index contributed by atoms with van der Waals surface area (Å²) in [7, 11) is -3.53. The minimum atomic E-state index is -3.53. The lowest BCUT2D eigenvalue weighted by Gasteiger charge is -2.34. The first-order chi connectivity index (χ1) is 15.8. The first-order valence-corrected chi connectivity index (χ1v) is 14.2. The van der Waals surface area contributed by atoms with Gasteiger partial charge in [0.1, 0.15) is 5.82 Å². The van der Waals surface area contributed by atoms with Crippen LogP contribution in [-0.4, -0.2) is 52.2 Å². The summed E-state index contributed by atoms with van der Waals surface area (Å²) in [6.45, 7) is 5.29. The molecule has 2 atom stereocenters. The molecule has 0 spiro atoms. The summed E-state index contributed by atoms with van der Waals surface area (Å²) >= 11 is 1.41. The van der Waals surface area contributed by atoms with E-state index in [4.69, 9.17) is 0 Å². The molecule has 2 saturated carbocycles. The van der Waals surface area contributed by atoms with E-state index < -0.39 is 10.0 Å². The van der Waals surface area contributed by atoms with Crippen molar-refractivity contribution >= 4 is 33.4 Å². The minimum absolute atomic E-state index is 0.146. The second-order valence-electron chi connectivity index (χ2n) is 9.85. The average molecular weight is 490 g/mol. The highest BCUT2D eigenvalue weighted by molar-refractivity contribution is 7.99. The first kappa shape index (κ1) is 22.9. The lowest BCUT2D eigenvalue weighted by Crippen LogP contribution is -2.42. The Kier molecular flexibility index (Phi) is 6.26. The third-order valence-electron chi connectivity index (χ3n) is 6.49. The maximum atomic E-state index is 13.0. The molecule has 5 rings (SSSR count). The summed E-state index contributed by atoms with van der Waals surface area (Å²) in [5.74, 6) is 2.41. The van der Waals surface area contributed by atoms with Gasteiger partial charge >= 0.3 is 0 Å². The number of piperidine rings is 1. The summed E-state index contributed by atoms with van der Waals surface area (Å²) in [6, 6.07) is 6.96. The molecule has 1 N–H and O–H groups in total. The molecule has 2 aromatic rings. The number of aromatic nitrogens is 3. The quantitative estimate of drug-likeness (QED) is 0.565. The SMILES string of the molecule is C[C@H]1C[C@H](C)CN(S(=O)(=O)c2ccc(NC(=O)CSc3nnc(C4CC4)n3C3CC3)cc2)C1. The molecule has 8 nitrogen and oxygen atoms in total. The van der Waals surface area contributed by atoms with Crippen molar-refractivity contribution in [3.63, 3.8) is 0 Å². The fourth-order valence-corrected chi connectivity index (χ4v) is 7.16. The number of nitrogens with one attached hydrogen (secondary N) is 1. The summed E-state index contributed by atoms with van der Waals surface area (Å²) in [4.78, 5) is 12.8. The van der Waals surface area contributed by atoms with Crippen molar-refractivity contribution in [2.75, 3.05) is 24.2 Å². The number of benzene rings is 1. The number of anilines is 1. The number of carbonyl (C=O) groups is 1. The molecule has 2 aliphatic carbocycles. The Morgan fingerprint density at radius 2 is 1.73 bits per heavy atom. The van der Waals surface area contributed by atoms with E-state index in [0.717, 1.165) is 30.2 Å². The molecule has 1 aromatic carbocycles. The van der Waals surface area contributed by atoms with Gasteiger partial charge in [-0.2, -0.15) is 4.31 Å². The van der Waals surface area contributed by atoms with Gasteiger partial charge in [-0.15, -0.1) is 10.2 Å². The highest BCUT2D eigenvalue weighted by Gasteiger charge is 2.36. The Hall–Kier alpha value is -1.91. The topological polar surface area (TPSA) is 97.2 Å². The third-order valence-corrected chi connectivity index (χ3v) is 9.28. The van der Waals surface area contributed by atoms with Crippen molar-refractivity contribution in [3.8, 4) is 0 Å². The van der Waals surface area contributed by atoms with E-state index in [1.54, 1.807) is 28.6 Å². The molecule has 0 bridgehead atoms. The smallest absolute Gasteiger partial charge is 0.243 e. The van der Waals surface area contributed by atoms with Gasteiger partial charge in [0, 0.05) is 30.7 Å².